The van der Waals surface area contributed by atoms with Gasteiger partial charge in [-0.1, -0.05) is 0 Å². The zero-order chi connectivity index (χ0) is 10.7. The molecule has 1 saturated carbocycles. The molecule has 82 valence electrons. The topological polar surface area (TPSA) is 47.3 Å². The fourth-order valence-electron chi connectivity index (χ4n) is 1.96. The third kappa shape index (κ3) is 2.07. The van der Waals surface area contributed by atoms with E-state index in [1.807, 2.05) is 24.3 Å². The molecule has 1 aromatic carbocycles. The molecule has 0 atom stereocenters. The summed E-state index contributed by atoms with van der Waals surface area (Å²) in [5, 5.41) is 3.51. The number of nitrogens with one attached hydrogen (secondary N) is 1. The van der Waals surface area contributed by atoms with Gasteiger partial charge in [0.25, 0.3) is 0 Å². The van der Waals surface area contributed by atoms with E-state index in [2.05, 4.69) is 5.32 Å². The van der Waals surface area contributed by atoms with Crippen molar-refractivity contribution in [2.75, 3.05) is 19.0 Å². The highest BCUT2D eigenvalue weighted by Gasteiger charge is 2.35. The fraction of sp³-hybridized carbons (Fsp3) is 0.500. The Morgan fingerprint density at radius 2 is 2.00 bits per heavy atom. The van der Waals surface area contributed by atoms with Crippen molar-refractivity contribution >= 4 is 5.69 Å². The Morgan fingerprint density at radius 3 is 2.40 bits per heavy atom. The van der Waals surface area contributed by atoms with E-state index in [0.29, 0.717) is 6.54 Å². The molecule has 3 heteroatoms. The molecule has 0 aliphatic heterocycles. The second-order valence-electron chi connectivity index (χ2n) is 4.19. The molecule has 1 fully saturated rings. The molecule has 2 rings (SSSR count). The summed E-state index contributed by atoms with van der Waals surface area (Å²) in [6.45, 7) is 0.707. The second-order valence-corrected chi connectivity index (χ2v) is 4.19. The molecule has 0 spiro atoms. The summed E-state index contributed by atoms with van der Waals surface area (Å²) in [5.74, 6) is 0.885. The Labute approximate surface area is 90.6 Å². The smallest absolute Gasteiger partial charge is 0.119 e. The Balaban J connectivity index is 2.03. The average molecular weight is 206 g/mol. The van der Waals surface area contributed by atoms with Crippen LogP contribution in [0.4, 0.5) is 5.69 Å². The number of nitrogens with two attached hydrogens (primary N) is 1. The molecule has 0 radical (unpaired) electrons. The highest BCUT2D eigenvalue weighted by Crippen LogP contribution is 2.34. The third-order valence-electron chi connectivity index (χ3n) is 3.20. The highest BCUT2D eigenvalue weighted by atomic mass is 16.5. The monoisotopic (exact) mass is 206 g/mol. The Morgan fingerprint density at radius 1 is 1.33 bits per heavy atom. The van der Waals surface area contributed by atoms with Gasteiger partial charge < -0.3 is 15.8 Å². The van der Waals surface area contributed by atoms with Crippen molar-refractivity contribution in [2.45, 2.75) is 24.8 Å². The van der Waals surface area contributed by atoms with Crippen LogP contribution in [0.5, 0.6) is 5.75 Å². The van der Waals surface area contributed by atoms with Crippen molar-refractivity contribution < 1.29 is 4.74 Å². The van der Waals surface area contributed by atoms with Gasteiger partial charge in [-0.2, -0.15) is 0 Å². The molecule has 1 aliphatic carbocycles. The van der Waals surface area contributed by atoms with E-state index in [1.165, 1.54) is 19.3 Å². The van der Waals surface area contributed by atoms with Gasteiger partial charge in [0.15, 0.2) is 0 Å². The lowest BCUT2D eigenvalue weighted by Crippen LogP contribution is -2.51. The fourth-order valence-corrected chi connectivity index (χ4v) is 1.96. The van der Waals surface area contributed by atoms with E-state index in [9.17, 15) is 0 Å². The molecule has 0 heterocycles. The molecule has 0 bridgehead atoms. The summed E-state index contributed by atoms with van der Waals surface area (Å²) in [7, 11) is 1.68. The van der Waals surface area contributed by atoms with E-state index in [-0.39, 0.29) is 5.54 Å². The van der Waals surface area contributed by atoms with Crippen molar-refractivity contribution in [3.05, 3.63) is 24.3 Å². The lowest BCUT2D eigenvalue weighted by atomic mass is 9.76. The van der Waals surface area contributed by atoms with Gasteiger partial charge in [-0.15, -0.1) is 0 Å². The maximum atomic E-state index is 5.79. The molecule has 0 saturated heterocycles. The number of ether oxygens (including phenoxy) is 1. The maximum absolute atomic E-state index is 5.79. The van der Waals surface area contributed by atoms with Gasteiger partial charge in [-0.05, 0) is 43.5 Å². The molecule has 15 heavy (non-hydrogen) atoms. The number of benzene rings is 1. The largest absolute Gasteiger partial charge is 0.497 e. The first-order chi connectivity index (χ1) is 7.28. The van der Waals surface area contributed by atoms with Gasteiger partial charge >= 0.3 is 0 Å². The molecule has 1 aromatic rings. The van der Waals surface area contributed by atoms with Crippen molar-refractivity contribution in [1.29, 1.82) is 0 Å². The average Bonchev–Trinajstić information content (AvgIpc) is 2.24. The van der Waals surface area contributed by atoms with E-state index < -0.39 is 0 Å². The van der Waals surface area contributed by atoms with Crippen LogP contribution in [0.15, 0.2) is 24.3 Å². The van der Waals surface area contributed by atoms with Crippen molar-refractivity contribution in [1.82, 2.24) is 0 Å². The Bertz CT molecular complexity index is 311. The third-order valence-corrected chi connectivity index (χ3v) is 3.20. The zero-order valence-electron chi connectivity index (χ0n) is 9.12. The van der Waals surface area contributed by atoms with Crippen LogP contribution in [0.3, 0.4) is 0 Å². The number of methoxy groups -OCH3 is 1. The summed E-state index contributed by atoms with van der Waals surface area (Å²) >= 11 is 0. The quantitative estimate of drug-likeness (QED) is 0.792. The van der Waals surface area contributed by atoms with Crippen LogP contribution < -0.4 is 15.8 Å². The summed E-state index contributed by atoms with van der Waals surface area (Å²) in [6.07, 6.45) is 3.63. The minimum absolute atomic E-state index is 0.147. The van der Waals surface area contributed by atoms with Crippen molar-refractivity contribution in [2.24, 2.45) is 5.73 Å². The zero-order valence-corrected chi connectivity index (χ0v) is 9.12. The molecular formula is C12H18N2O. The van der Waals surface area contributed by atoms with E-state index >= 15 is 0 Å². The minimum Gasteiger partial charge on any atom is -0.497 e. The molecule has 3 nitrogen and oxygen atoms in total. The van der Waals surface area contributed by atoms with Crippen LogP contribution in [0.25, 0.3) is 0 Å². The van der Waals surface area contributed by atoms with E-state index in [0.717, 1.165) is 11.4 Å². The normalized spacial score (nSPS) is 18.0. The van der Waals surface area contributed by atoms with Gasteiger partial charge in [-0.3, -0.25) is 0 Å². The summed E-state index contributed by atoms with van der Waals surface area (Å²) in [6, 6.07) is 8.00. The van der Waals surface area contributed by atoms with Crippen LogP contribution in [0.1, 0.15) is 19.3 Å². The maximum Gasteiger partial charge on any atom is 0.119 e. The van der Waals surface area contributed by atoms with Gasteiger partial charge in [0.2, 0.25) is 0 Å². The van der Waals surface area contributed by atoms with E-state index in [4.69, 9.17) is 10.5 Å². The number of hydrogen-bond donors (Lipinski definition) is 2. The number of hydrogen-bond acceptors (Lipinski definition) is 3. The Hall–Kier alpha value is -1.22. The first-order valence-electron chi connectivity index (χ1n) is 5.40. The van der Waals surface area contributed by atoms with Gasteiger partial charge in [0, 0.05) is 17.8 Å². The molecule has 3 N–H and O–H groups in total. The van der Waals surface area contributed by atoms with Crippen molar-refractivity contribution in [3.63, 3.8) is 0 Å². The number of anilines is 1. The predicted molar refractivity (Wildman–Crippen MR) is 62.3 cm³/mol. The molecule has 1 aliphatic rings. The van der Waals surface area contributed by atoms with Crippen LogP contribution in [-0.4, -0.2) is 19.2 Å². The molecule has 0 amide bonds. The summed E-state index contributed by atoms with van der Waals surface area (Å²) in [5.41, 5.74) is 7.06. The van der Waals surface area contributed by atoms with Gasteiger partial charge in [-0.25, -0.2) is 0 Å². The summed E-state index contributed by atoms with van der Waals surface area (Å²) in [4.78, 5) is 0. The predicted octanol–water partition coefficient (Wildman–Crippen LogP) is 1.99. The Kier molecular flexibility index (Phi) is 2.82. The number of rotatable bonds is 4. The standard InChI is InChI=1S/C12H18N2O/c1-15-11-5-3-10(4-6-11)14-12(9-13)7-2-8-12/h3-6,14H,2,7-9,13H2,1H3. The first-order valence-corrected chi connectivity index (χ1v) is 5.40. The van der Waals surface area contributed by atoms with Crippen LogP contribution in [0, 0.1) is 0 Å². The first kappa shape index (κ1) is 10.3. The molecule has 0 aromatic heterocycles. The SMILES string of the molecule is COc1ccc(NC2(CN)CCC2)cc1. The van der Waals surface area contributed by atoms with Gasteiger partial charge in [0.05, 0.1) is 7.11 Å². The summed E-state index contributed by atoms with van der Waals surface area (Å²) < 4.78 is 5.11. The highest BCUT2D eigenvalue weighted by molar-refractivity contribution is 5.49. The van der Waals surface area contributed by atoms with E-state index in [1.54, 1.807) is 7.11 Å². The van der Waals surface area contributed by atoms with Crippen molar-refractivity contribution in [3.8, 4) is 5.75 Å². The van der Waals surface area contributed by atoms with Crippen LogP contribution in [-0.2, 0) is 0 Å². The van der Waals surface area contributed by atoms with Gasteiger partial charge in [0.1, 0.15) is 5.75 Å². The lowest BCUT2D eigenvalue weighted by molar-refractivity contribution is 0.287. The minimum atomic E-state index is 0.147. The van der Waals surface area contributed by atoms with Crippen LogP contribution in [0.2, 0.25) is 0 Å². The molecule has 0 unspecified atom stereocenters. The second kappa shape index (κ2) is 4.11. The van der Waals surface area contributed by atoms with Crippen LogP contribution >= 0.6 is 0 Å². The lowest BCUT2D eigenvalue weighted by Gasteiger charge is -2.42. The molecular weight excluding hydrogens is 188 g/mol.